The van der Waals surface area contributed by atoms with Crippen LogP contribution in [-0.2, 0) is 23.8 Å². The predicted molar refractivity (Wildman–Crippen MR) is 234 cm³/mol. The van der Waals surface area contributed by atoms with Crippen LogP contribution in [0, 0.1) is 11.8 Å². The smallest absolute Gasteiger partial charge is 0.312 e. The van der Waals surface area contributed by atoms with Crippen molar-refractivity contribution in [3.05, 3.63) is 0 Å². The minimum absolute atomic E-state index is 0.185. The van der Waals surface area contributed by atoms with Gasteiger partial charge >= 0.3 is 11.9 Å². The largest absolute Gasteiger partial charge is 0.465 e. The molecular formula is C50H94O5. The second kappa shape index (κ2) is 37.2. The van der Waals surface area contributed by atoms with E-state index >= 15 is 0 Å². The van der Waals surface area contributed by atoms with E-state index < -0.39 is 11.8 Å². The molecule has 0 amide bonds. The molecule has 0 aliphatic carbocycles. The zero-order chi connectivity index (χ0) is 39.3. The van der Waals surface area contributed by atoms with E-state index in [1.807, 2.05) is 0 Å². The Morgan fingerprint density at radius 2 is 0.545 bits per heavy atom. The van der Waals surface area contributed by atoms with E-state index in [9.17, 15) is 9.59 Å². The van der Waals surface area contributed by atoms with Crippen LogP contribution in [-0.4, -0.2) is 37.4 Å². The number of rotatable bonds is 42. The molecule has 2 aliphatic rings. The van der Waals surface area contributed by atoms with Crippen molar-refractivity contribution in [1.29, 1.82) is 0 Å². The van der Waals surface area contributed by atoms with Gasteiger partial charge in [0, 0.05) is 0 Å². The van der Waals surface area contributed by atoms with Gasteiger partial charge in [-0.15, -0.1) is 0 Å². The van der Waals surface area contributed by atoms with Crippen molar-refractivity contribution in [3.8, 4) is 0 Å². The van der Waals surface area contributed by atoms with E-state index in [0.29, 0.717) is 13.2 Å². The van der Waals surface area contributed by atoms with E-state index in [0.717, 1.165) is 38.5 Å². The van der Waals surface area contributed by atoms with Gasteiger partial charge in [0.1, 0.15) is 0 Å². The second-order valence-corrected chi connectivity index (χ2v) is 17.9. The number of hydrogen-bond acceptors (Lipinski definition) is 5. The van der Waals surface area contributed by atoms with Crippen molar-refractivity contribution in [1.82, 2.24) is 0 Å². The van der Waals surface area contributed by atoms with Crippen molar-refractivity contribution >= 4 is 11.9 Å². The maximum atomic E-state index is 13.1. The van der Waals surface area contributed by atoms with Gasteiger partial charge in [0.05, 0.1) is 37.3 Å². The Kier molecular flexibility index (Phi) is 33.8. The fourth-order valence-electron chi connectivity index (χ4n) is 9.18. The van der Waals surface area contributed by atoms with Crippen LogP contribution in [0.4, 0.5) is 0 Å². The Bertz CT molecular complexity index is 791. The number of fused-ring (bicyclic) bond motifs is 2. The van der Waals surface area contributed by atoms with Gasteiger partial charge in [0.25, 0.3) is 0 Å². The summed E-state index contributed by atoms with van der Waals surface area (Å²) in [4.78, 5) is 26.2. The third kappa shape index (κ3) is 26.5. The summed E-state index contributed by atoms with van der Waals surface area (Å²) in [5.74, 6) is -1.48. The molecule has 0 saturated carbocycles. The van der Waals surface area contributed by atoms with Crippen molar-refractivity contribution < 1.29 is 23.8 Å². The van der Waals surface area contributed by atoms with Crippen molar-refractivity contribution in [2.75, 3.05) is 13.2 Å². The molecule has 4 atom stereocenters. The third-order valence-corrected chi connectivity index (χ3v) is 12.8. The Morgan fingerprint density at radius 3 is 0.764 bits per heavy atom. The van der Waals surface area contributed by atoms with Gasteiger partial charge in [-0.3, -0.25) is 9.59 Å². The summed E-state index contributed by atoms with van der Waals surface area (Å²) >= 11 is 0. The number of esters is 2. The fourth-order valence-corrected chi connectivity index (χ4v) is 9.18. The molecule has 0 N–H and O–H groups in total. The number of carbonyl (C=O) groups is 2. The Balaban J connectivity index is 1.36. The lowest BCUT2D eigenvalue weighted by atomic mass is 9.79. The molecule has 2 aliphatic heterocycles. The summed E-state index contributed by atoms with van der Waals surface area (Å²) in [6.45, 7) is 5.48. The molecule has 0 radical (unpaired) electrons. The number of ether oxygens (including phenoxy) is 3. The van der Waals surface area contributed by atoms with Gasteiger partial charge in [-0.05, 0) is 25.7 Å². The second-order valence-electron chi connectivity index (χ2n) is 17.9. The molecule has 0 aromatic heterocycles. The first-order valence-corrected chi connectivity index (χ1v) is 25.2. The summed E-state index contributed by atoms with van der Waals surface area (Å²) in [5, 5.41) is 0. The molecule has 2 bridgehead atoms. The lowest BCUT2D eigenvalue weighted by molar-refractivity contribution is -0.161. The van der Waals surface area contributed by atoms with Crippen molar-refractivity contribution in [2.24, 2.45) is 11.8 Å². The standard InChI is InChI=1S/C50H94O5/c1-3-5-7-9-11-13-15-17-19-21-23-25-27-29-31-33-35-37-39-43-53-49(51)47-45-41-42-46(55-45)48(47)50(52)54-44-40-38-36-34-32-30-28-26-24-22-20-18-16-14-12-10-8-6-4-2/h45-48H,3-44H2,1-2H3. The molecule has 324 valence electrons. The molecule has 0 spiro atoms. The predicted octanol–water partition coefficient (Wildman–Crippen LogP) is 15.7. The van der Waals surface area contributed by atoms with Gasteiger partial charge in [-0.1, -0.05) is 245 Å². The van der Waals surface area contributed by atoms with E-state index in [2.05, 4.69) is 13.8 Å². The zero-order valence-corrected chi connectivity index (χ0v) is 37.0. The summed E-state index contributed by atoms with van der Waals surface area (Å²) in [6, 6.07) is 0. The highest BCUT2D eigenvalue weighted by Gasteiger charge is 2.56. The SMILES string of the molecule is CCCCCCCCCCCCCCCCCCCCCOC(=O)C1C2CCC(O2)C1C(=O)OCCCCCCCCCCCCCCCCCCCCC. The molecule has 4 unspecified atom stereocenters. The summed E-state index contributed by atoms with van der Waals surface area (Å²) in [6.07, 6.45) is 52.5. The van der Waals surface area contributed by atoms with Crippen LogP contribution in [0.15, 0.2) is 0 Å². The highest BCUT2D eigenvalue weighted by Crippen LogP contribution is 2.44. The van der Waals surface area contributed by atoms with E-state index in [1.165, 1.54) is 218 Å². The first kappa shape index (κ1) is 50.0. The molecule has 5 heteroatoms. The number of carbonyl (C=O) groups excluding carboxylic acids is 2. The maximum Gasteiger partial charge on any atom is 0.312 e. The molecule has 0 aromatic carbocycles. The van der Waals surface area contributed by atoms with E-state index in [1.54, 1.807) is 0 Å². The van der Waals surface area contributed by atoms with E-state index in [-0.39, 0.29) is 24.1 Å². The third-order valence-electron chi connectivity index (χ3n) is 12.8. The van der Waals surface area contributed by atoms with E-state index in [4.69, 9.17) is 14.2 Å². The van der Waals surface area contributed by atoms with Gasteiger partial charge in [0.15, 0.2) is 0 Å². The fraction of sp³-hybridized carbons (Fsp3) is 0.960. The molecule has 2 saturated heterocycles. The monoisotopic (exact) mass is 775 g/mol. The Morgan fingerprint density at radius 1 is 0.345 bits per heavy atom. The maximum absolute atomic E-state index is 13.1. The molecule has 2 rings (SSSR count). The van der Waals surface area contributed by atoms with Crippen LogP contribution in [0.5, 0.6) is 0 Å². The Hall–Kier alpha value is -1.10. The quantitative estimate of drug-likeness (QED) is 0.0456. The summed E-state index contributed by atoms with van der Waals surface area (Å²) in [5.41, 5.74) is 0. The molecule has 55 heavy (non-hydrogen) atoms. The zero-order valence-electron chi connectivity index (χ0n) is 37.0. The first-order chi connectivity index (χ1) is 27.2. The topological polar surface area (TPSA) is 61.8 Å². The van der Waals surface area contributed by atoms with Crippen LogP contribution in [0.1, 0.15) is 271 Å². The van der Waals surface area contributed by atoms with Crippen molar-refractivity contribution in [3.63, 3.8) is 0 Å². The highest BCUT2D eigenvalue weighted by molar-refractivity contribution is 5.84. The van der Waals surface area contributed by atoms with Gasteiger partial charge in [-0.2, -0.15) is 0 Å². The van der Waals surface area contributed by atoms with Gasteiger partial charge < -0.3 is 14.2 Å². The van der Waals surface area contributed by atoms with Crippen LogP contribution >= 0.6 is 0 Å². The minimum Gasteiger partial charge on any atom is -0.465 e. The van der Waals surface area contributed by atoms with Crippen LogP contribution in [0.25, 0.3) is 0 Å². The number of unbranched alkanes of at least 4 members (excludes halogenated alkanes) is 36. The number of hydrogen-bond donors (Lipinski definition) is 0. The molecular weight excluding hydrogens is 681 g/mol. The van der Waals surface area contributed by atoms with Gasteiger partial charge in [0.2, 0.25) is 0 Å². The first-order valence-electron chi connectivity index (χ1n) is 25.2. The average Bonchev–Trinajstić information content (AvgIpc) is 3.82. The molecule has 2 fully saturated rings. The summed E-state index contributed by atoms with van der Waals surface area (Å²) in [7, 11) is 0. The molecule has 0 aromatic rings. The highest BCUT2D eigenvalue weighted by atomic mass is 16.6. The summed E-state index contributed by atoms with van der Waals surface area (Å²) < 4.78 is 17.5. The lowest BCUT2D eigenvalue weighted by Crippen LogP contribution is -2.40. The van der Waals surface area contributed by atoms with Crippen LogP contribution in [0.3, 0.4) is 0 Å². The Labute approximate surface area is 342 Å². The normalized spacial score (nSPS) is 19.0. The molecule has 2 heterocycles. The molecule has 5 nitrogen and oxygen atoms in total. The lowest BCUT2D eigenvalue weighted by Gasteiger charge is -2.25. The van der Waals surface area contributed by atoms with Crippen LogP contribution < -0.4 is 0 Å². The minimum atomic E-state index is -0.489. The van der Waals surface area contributed by atoms with Gasteiger partial charge in [-0.25, -0.2) is 0 Å². The van der Waals surface area contributed by atoms with Crippen molar-refractivity contribution in [2.45, 2.75) is 283 Å². The average molecular weight is 775 g/mol. The van der Waals surface area contributed by atoms with Crippen LogP contribution in [0.2, 0.25) is 0 Å².